The number of anilines is 2. The van der Waals surface area contributed by atoms with Crippen molar-refractivity contribution in [3.05, 3.63) is 103 Å². The fraction of sp³-hybridized carbons (Fsp3) is 0.0370. The Bertz CT molecular complexity index is 1630. The predicted octanol–water partition coefficient (Wildman–Crippen LogP) is 6.26. The van der Waals surface area contributed by atoms with Gasteiger partial charge < -0.3 is 10.3 Å². The first-order valence-electron chi connectivity index (χ1n) is 10.9. The summed E-state index contributed by atoms with van der Waals surface area (Å²) in [5.74, 6) is 0.446. The number of Topliss-reactive ketones (excluding diaryl/α,β-unsaturated/α-hetero) is 1. The molecule has 172 valence electrons. The molecule has 5 rings (SSSR count). The molecule has 8 heteroatoms. The maximum atomic E-state index is 14.5. The van der Waals surface area contributed by atoms with Gasteiger partial charge in [-0.1, -0.05) is 43.5 Å². The lowest BCUT2D eigenvalue weighted by Gasteiger charge is -2.08. The van der Waals surface area contributed by atoms with E-state index >= 15 is 0 Å². The Hall–Kier alpha value is -4.85. The summed E-state index contributed by atoms with van der Waals surface area (Å²) in [5.41, 5.74) is 3.76. The molecule has 0 unspecified atom stereocenters. The van der Waals surface area contributed by atoms with Crippen molar-refractivity contribution in [2.45, 2.75) is 6.42 Å². The minimum absolute atomic E-state index is 0.0465. The number of hydrogen-bond donors (Lipinski definition) is 3. The third-order valence-corrected chi connectivity index (χ3v) is 5.59. The van der Waals surface area contributed by atoms with Gasteiger partial charge in [-0.15, -0.1) is 0 Å². The smallest absolute Gasteiger partial charge is 0.183 e. The third kappa shape index (κ3) is 4.49. The number of rotatable bonds is 8. The van der Waals surface area contributed by atoms with Gasteiger partial charge in [-0.25, -0.2) is 14.4 Å². The number of allylic oxidation sites excluding steroid dienone is 4. The van der Waals surface area contributed by atoms with Crippen molar-refractivity contribution in [3.8, 4) is 11.4 Å². The van der Waals surface area contributed by atoms with Crippen molar-refractivity contribution in [3.63, 3.8) is 0 Å². The highest BCUT2D eigenvalue weighted by atomic mass is 19.1. The highest BCUT2D eigenvalue weighted by Crippen LogP contribution is 2.27. The molecule has 0 saturated carbocycles. The van der Waals surface area contributed by atoms with E-state index in [0.717, 1.165) is 27.4 Å². The number of halogens is 1. The molecule has 7 nitrogen and oxygen atoms in total. The molecule has 5 aromatic rings. The van der Waals surface area contributed by atoms with Gasteiger partial charge in [-0.3, -0.25) is 9.89 Å². The maximum Gasteiger partial charge on any atom is 0.183 e. The molecular weight excluding hydrogens is 443 g/mol. The first-order valence-corrected chi connectivity index (χ1v) is 10.9. The summed E-state index contributed by atoms with van der Waals surface area (Å²) in [7, 11) is 0. The minimum atomic E-state index is -0.422. The standard InChI is InChI=1S/C27H21FN6O/c1-3-5-16(4-2)10-25(35)24-11-17-6-7-18(12-21(17)31-24)27-29-9-8-26(33-27)32-23-13-19-15-30-34-22(19)14-20(23)28/h3-9,11-15,31H,1-2,10H2,(H,30,34)(H,29,32,33)/b16-5+. The van der Waals surface area contributed by atoms with Crippen LogP contribution in [0.25, 0.3) is 33.2 Å². The van der Waals surface area contributed by atoms with Gasteiger partial charge in [0.2, 0.25) is 0 Å². The van der Waals surface area contributed by atoms with Gasteiger partial charge in [-0.2, -0.15) is 5.10 Å². The Kier molecular flexibility index (Phi) is 5.76. The maximum absolute atomic E-state index is 14.5. The van der Waals surface area contributed by atoms with E-state index in [1.807, 2.05) is 24.3 Å². The molecule has 0 amide bonds. The minimum Gasteiger partial charge on any atom is -0.352 e. The first-order chi connectivity index (χ1) is 17.0. The number of H-pyrrole nitrogens is 2. The number of nitrogens with one attached hydrogen (secondary N) is 3. The Morgan fingerprint density at radius 2 is 1.97 bits per heavy atom. The molecule has 0 aliphatic carbocycles. The van der Waals surface area contributed by atoms with Crippen LogP contribution in [-0.4, -0.2) is 30.9 Å². The van der Waals surface area contributed by atoms with Gasteiger partial charge >= 0.3 is 0 Å². The molecular formula is C27H21FN6O. The fourth-order valence-electron chi connectivity index (χ4n) is 3.81. The van der Waals surface area contributed by atoms with E-state index in [4.69, 9.17) is 0 Å². The van der Waals surface area contributed by atoms with E-state index in [1.165, 1.54) is 6.07 Å². The van der Waals surface area contributed by atoms with Crippen LogP contribution in [0.5, 0.6) is 0 Å². The summed E-state index contributed by atoms with van der Waals surface area (Å²) in [5, 5.41) is 11.4. The molecule has 0 bridgehead atoms. The molecule has 0 saturated heterocycles. The number of aromatic amines is 2. The summed E-state index contributed by atoms with van der Waals surface area (Å²) in [4.78, 5) is 24.8. The zero-order valence-corrected chi connectivity index (χ0v) is 18.7. The highest BCUT2D eigenvalue weighted by Gasteiger charge is 2.13. The van der Waals surface area contributed by atoms with Gasteiger partial charge in [0, 0.05) is 40.5 Å². The molecule has 0 spiro atoms. The monoisotopic (exact) mass is 464 g/mol. The number of fused-ring (bicyclic) bond motifs is 2. The Labute approximate surface area is 200 Å². The molecule has 0 atom stereocenters. The normalized spacial score (nSPS) is 11.6. The van der Waals surface area contributed by atoms with Crippen LogP contribution in [0.3, 0.4) is 0 Å². The van der Waals surface area contributed by atoms with Crippen molar-refractivity contribution < 1.29 is 9.18 Å². The van der Waals surface area contributed by atoms with Crippen molar-refractivity contribution >= 4 is 39.1 Å². The zero-order chi connectivity index (χ0) is 24.4. The largest absolute Gasteiger partial charge is 0.352 e. The van der Waals surface area contributed by atoms with Crippen LogP contribution in [0.2, 0.25) is 0 Å². The van der Waals surface area contributed by atoms with E-state index in [2.05, 4.69) is 43.6 Å². The van der Waals surface area contributed by atoms with Gasteiger partial charge in [0.1, 0.15) is 11.6 Å². The van der Waals surface area contributed by atoms with Crippen LogP contribution in [0.1, 0.15) is 16.9 Å². The number of ketones is 1. The number of aromatic nitrogens is 5. The molecule has 35 heavy (non-hydrogen) atoms. The summed E-state index contributed by atoms with van der Waals surface area (Å²) >= 11 is 0. The van der Waals surface area contributed by atoms with E-state index in [9.17, 15) is 9.18 Å². The topological polar surface area (TPSA) is 99.3 Å². The van der Waals surface area contributed by atoms with Crippen LogP contribution >= 0.6 is 0 Å². The van der Waals surface area contributed by atoms with Crippen molar-refractivity contribution in [2.75, 3.05) is 5.32 Å². The molecule has 0 radical (unpaired) electrons. The summed E-state index contributed by atoms with van der Waals surface area (Å²) in [6, 6.07) is 12.2. The van der Waals surface area contributed by atoms with E-state index < -0.39 is 5.82 Å². The van der Waals surface area contributed by atoms with E-state index in [-0.39, 0.29) is 17.9 Å². The Morgan fingerprint density at radius 1 is 1.09 bits per heavy atom. The molecule has 2 aromatic carbocycles. The van der Waals surface area contributed by atoms with Gasteiger partial charge in [0.15, 0.2) is 11.6 Å². The van der Waals surface area contributed by atoms with Crippen molar-refractivity contribution in [2.24, 2.45) is 0 Å². The average molecular weight is 465 g/mol. The second kappa shape index (κ2) is 9.18. The molecule has 0 aliphatic heterocycles. The van der Waals surface area contributed by atoms with Crippen molar-refractivity contribution in [1.82, 2.24) is 25.1 Å². The van der Waals surface area contributed by atoms with Crippen molar-refractivity contribution in [1.29, 1.82) is 0 Å². The summed E-state index contributed by atoms with van der Waals surface area (Å²) in [6.07, 6.45) is 8.52. The van der Waals surface area contributed by atoms with Gasteiger partial charge in [0.05, 0.1) is 23.1 Å². The van der Waals surface area contributed by atoms with E-state index in [0.29, 0.717) is 22.9 Å². The average Bonchev–Trinajstić information content (AvgIpc) is 3.50. The molecule has 3 heterocycles. The molecule has 0 aliphatic rings. The lowest BCUT2D eigenvalue weighted by atomic mass is 10.1. The molecule has 3 N–H and O–H groups in total. The first kappa shape index (κ1) is 22.0. The van der Waals surface area contributed by atoms with Crippen LogP contribution in [-0.2, 0) is 0 Å². The lowest BCUT2D eigenvalue weighted by Crippen LogP contribution is -2.00. The molecule has 0 fully saturated rings. The van der Waals surface area contributed by atoms with E-state index in [1.54, 1.807) is 42.8 Å². The van der Waals surface area contributed by atoms with Crippen LogP contribution in [0, 0.1) is 5.82 Å². The number of carbonyl (C=O) groups excluding carboxylic acids is 1. The second-order valence-electron chi connectivity index (χ2n) is 7.95. The number of carbonyl (C=O) groups is 1. The summed E-state index contributed by atoms with van der Waals surface area (Å²) in [6.45, 7) is 7.40. The Balaban J connectivity index is 1.41. The molecule has 3 aromatic heterocycles. The number of nitrogens with zero attached hydrogens (tertiary/aromatic N) is 3. The quantitative estimate of drug-likeness (QED) is 0.186. The Morgan fingerprint density at radius 3 is 2.80 bits per heavy atom. The summed E-state index contributed by atoms with van der Waals surface area (Å²) < 4.78 is 14.5. The van der Waals surface area contributed by atoms with Gasteiger partial charge in [-0.05, 0) is 29.8 Å². The number of hydrogen-bond acceptors (Lipinski definition) is 5. The highest BCUT2D eigenvalue weighted by molar-refractivity contribution is 6.01. The van der Waals surface area contributed by atoms with Crippen LogP contribution in [0.15, 0.2) is 91.8 Å². The third-order valence-electron chi connectivity index (χ3n) is 5.59. The predicted molar refractivity (Wildman–Crippen MR) is 136 cm³/mol. The SMILES string of the molecule is C=C/C=C(\C=C)CC(=O)c1cc2ccc(-c3nccc(Nc4cc5cn[nH]c5cc4F)n3)cc2[nH]1. The fourth-order valence-corrected chi connectivity index (χ4v) is 3.81. The van der Waals surface area contributed by atoms with Gasteiger partial charge in [0.25, 0.3) is 0 Å². The number of benzene rings is 2. The second-order valence-corrected chi connectivity index (χ2v) is 7.95. The van der Waals surface area contributed by atoms with Crippen LogP contribution in [0.4, 0.5) is 15.9 Å². The lowest BCUT2D eigenvalue weighted by molar-refractivity contribution is 0.0990. The van der Waals surface area contributed by atoms with Crippen LogP contribution < -0.4 is 5.32 Å². The zero-order valence-electron chi connectivity index (χ0n) is 18.7.